The van der Waals surface area contributed by atoms with Crippen molar-refractivity contribution in [3.63, 3.8) is 0 Å². The second kappa shape index (κ2) is 5.70. The summed E-state index contributed by atoms with van der Waals surface area (Å²) in [5.41, 5.74) is 0.295. The second-order valence-electron chi connectivity index (χ2n) is 5.42. The number of aryl methyl sites for hydroxylation is 1. The van der Waals surface area contributed by atoms with E-state index in [1.165, 1.54) is 6.07 Å². The fourth-order valence-corrected chi connectivity index (χ4v) is 2.60. The van der Waals surface area contributed by atoms with E-state index in [0.717, 1.165) is 32.1 Å². The maximum absolute atomic E-state index is 13.5. The lowest BCUT2D eigenvalue weighted by atomic mass is 9.82. The van der Waals surface area contributed by atoms with E-state index >= 15 is 0 Å². The van der Waals surface area contributed by atoms with E-state index in [0.29, 0.717) is 11.1 Å². The number of nitrogens with one attached hydrogen (secondary N) is 1. The first kappa shape index (κ1) is 14.0. The predicted molar refractivity (Wildman–Crippen MR) is 71.5 cm³/mol. The Bertz CT molecular complexity index is 467. The number of benzene rings is 1. The molecular formula is C15H20FNO2. The molecule has 0 atom stereocenters. The lowest BCUT2D eigenvalue weighted by Gasteiger charge is -2.36. The van der Waals surface area contributed by atoms with Crippen molar-refractivity contribution in [2.45, 2.75) is 44.6 Å². The van der Waals surface area contributed by atoms with E-state index in [4.69, 9.17) is 0 Å². The molecule has 0 saturated heterocycles. The minimum atomic E-state index is -0.531. The fraction of sp³-hybridized carbons (Fsp3) is 0.533. The summed E-state index contributed by atoms with van der Waals surface area (Å²) < 4.78 is 13.5. The van der Waals surface area contributed by atoms with E-state index in [1.54, 1.807) is 19.1 Å². The van der Waals surface area contributed by atoms with Crippen LogP contribution < -0.4 is 5.32 Å². The van der Waals surface area contributed by atoms with Crippen molar-refractivity contribution in [2.24, 2.45) is 0 Å². The zero-order chi connectivity index (χ0) is 13.9. The first-order chi connectivity index (χ1) is 9.06. The minimum Gasteiger partial charge on any atom is -0.394 e. The van der Waals surface area contributed by atoms with Crippen LogP contribution in [0.15, 0.2) is 18.2 Å². The van der Waals surface area contributed by atoms with Gasteiger partial charge in [0, 0.05) is 5.56 Å². The highest BCUT2D eigenvalue weighted by Gasteiger charge is 2.33. The molecule has 1 amide bonds. The Kier molecular flexibility index (Phi) is 4.20. The lowest BCUT2D eigenvalue weighted by molar-refractivity contribution is 0.0758. The van der Waals surface area contributed by atoms with Crippen molar-refractivity contribution in [1.82, 2.24) is 5.32 Å². The van der Waals surface area contributed by atoms with Crippen molar-refractivity contribution < 1.29 is 14.3 Å². The number of aliphatic hydroxyl groups excluding tert-OH is 1. The highest BCUT2D eigenvalue weighted by atomic mass is 19.1. The summed E-state index contributed by atoms with van der Waals surface area (Å²) in [6, 6.07) is 4.46. The van der Waals surface area contributed by atoms with E-state index in [9.17, 15) is 14.3 Å². The molecule has 1 fully saturated rings. The molecule has 2 N–H and O–H groups in total. The Morgan fingerprint density at radius 3 is 2.63 bits per heavy atom. The molecule has 104 valence electrons. The van der Waals surface area contributed by atoms with Crippen LogP contribution in [0.1, 0.15) is 48.0 Å². The molecule has 1 saturated carbocycles. The molecule has 1 aliphatic rings. The molecule has 0 unspecified atom stereocenters. The molecule has 1 aromatic rings. The average Bonchev–Trinajstić information content (AvgIpc) is 2.43. The van der Waals surface area contributed by atoms with Crippen LogP contribution in [0.2, 0.25) is 0 Å². The van der Waals surface area contributed by atoms with Gasteiger partial charge in [-0.1, -0.05) is 25.3 Å². The van der Waals surface area contributed by atoms with Crippen LogP contribution in [-0.2, 0) is 0 Å². The van der Waals surface area contributed by atoms with Gasteiger partial charge in [0.2, 0.25) is 0 Å². The number of amides is 1. The van der Waals surface area contributed by atoms with E-state index in [1.807, 2.05) is 0 Å². The number of hydrogen-bond acceptors (Lipinski definition) is 2. The molecule has 4 heteroatoms. The van der Waals surface area contributed by atoms with Crippen LogP contribution in [-0.4, -0.2) is 23.2 Å². The van der Waals surface area contributed by atoms with E-state index < -0.39 is 5.54 Å². The third-order valence-corrected chi connectivity index (χ3v) is 3.93. The molecule has 1 aliphatic carbocycles. The van der Waals surface area contributed by atoms with Crippen LogP contribution >= 0.6 is 0 Å². The zero-order valence-electron chi connectivity index (χ0n) is 11.2. The standard InChI is InChI=1S/C15H20FNO2/c1-11-5-6-12(9-13(11)16)14(19)17-15(10-18)7-3-2-4-8-15/h5-6,9,18H,2-4,7-8,10H2,1H3,(H,17,19). The van der Waals surface area contributed by atoms with Gasteiger partial charge in [0.05, 0.1) is 12.1 Å². The van der Waals surface area contributed by atoms with Gasteiger partial charge in [-0.05, 0) is 37.5 Å². The topological polar surface area (TPSA) is 49.3 Å². The van der Waals surface area contributed by atoms with Crippen LogP contribution in [0.5, 0.6) is 0 Å². The normalized spacial score (nSPS) is 18.1. The molecule has 0 radical (unpaired) electrons. The summed E-state index contributed by atoms with van der Waals surface area (Å²) in [7, 11) is 0. The van der Waals surface area contributed by atoms with Crippen molar-refractivity contribution in [3.05, 3.63) is 35.1 Å². The predicted octanol–water partition coefficient (Wildman–Crippen LogP) is 2.56. The molecule has 0 aliphatic heterocycles. The fourth-order valence-electron chi connectivity index (χ4n) is 2.60. The summed E-state index contributed by atoms with van der Waals surface area (Å²) >= 11 is 0. The van der Waals surface area contributed by atoms with Gasteiger partial charge in [-0.25, -0.2) is 4.39 Å². The van der Waals surface area contributed by atoms with E-state index in [2.05, 4.69) is 5.32 Å². The van der Waals surface area contributed by atoms with Gasteiger partial charge in [0.1, 0.15) is 5.82 Å². The van der Waals surface area contributed by atoms with Gasteiger partial charge >= 0.3 is 0 Å². The lowest BCUT2D eigenvalue weighted by Crippen LogP contribution is -2.52. The third kappa shape index (κ3) is 3.13. The Hall–Kier alpha value is -1.42. The molecule has 3 nitrogen and oxygen atoms in total. The van der Waals surface area contributed by atoms with Gasteiger partial charge in [-0.2, -0.15) is 0 Å². The van der Waals surface area contributed by atoms with Gasteiger partial charge in [-0.3, -0.25) is 4.79 Å². The molecular weight excluding hydrogens is 245 g/mol. The largest absolute Gasteiger partial charge is 0.394 e. The first-order valence-electron chi connectivity index (χ1n) is 6.76. The summed E-state index contributed by atoms with van der Waals surface area (Å²) in [4.78, 5) is 12.2. The Morgan fingerprint density at radius 2 is 2.05 bits per heavy atom. The summed E-state index contributed by atoms with van der Waals surface area (Å²) in [5.74, 6) is -0.691. The van der Waals surface area contributed by atoms with E-state index in [-0.39, 0.29) is 18.3 Å². The summed E-state index contributed by atoms with van der Waals surface area (Å²) in [6.45, 7) is 1.60. The van der Waals surface area contributed by atoms with Crippen molar-refractivity contribution in [1.29, 1.82) is 0 Å². The smallest absolute Gasteiger partial charge is 0.251 e. The molecule has 1 aromatic carbocycles. The van der Waals surface area contributed by atoms with Crippen molar-refractivity contribution >= 4 is 5.91 Å². The quantitative estimate of drug-likeness (QED) is 0.882. The highest BCUT2D eigenvalue weighted by molar-refractivity contribution is 5.94. The number of rotatable bonds is 3. The number of carbonyl (C=O) groups excluding carboxylic acids is 1. The molecule has 0 spiro atoms. The number of carbonyl (C=O) groups is 1. The molecule has 0 aromatic heterocycles. The highest BCUT2D eigenvalue weighted by Crippen LogP contribution is 2.28. The third-order valence-electron chi connectivity index (χ3n) is 3.93. The monoisotopic (exact) mass is 265 g/mol. The molecule has 0 bridgehead atoms. The van der Waals surface area contributed by atoms with Gasteiger partial charge < -0.3 is 10.4 Å². The SMILES string of the molecule is Cc1ccc(C(=O)NC2(CO)CCCCC2)cc1F. The first-order valence-corrected chi connectivity index (χ1v) is 6.76. The maximum Gasteiger partial charge on any atom is 0.251 e. The average molecular weight is 265 g/mol. The summed E-state index contributed by atoms with van der Waals surface area (Å²) in [5, 5.41) is 12.4. The zero-order valence-corrected chi connectivity index (χ0v) is 11.2. The van der Waals surface area contributed by atoms with Crippen molar-refractivity contribution in [2.75, 3.05) is 6.61 Å². The Morgan fingerprint density at radius 1 is 1.37 bits per heavy atom. The molecule has 0 heterocycles. The number of halogens is 1. The Balaban J connectivity index is 2.12. The molecule has 19 heavy (non-hydrogen) atoms. The number of aliphatic hydroxyl groups is 1. The van der Waals surface area contributed by atoms with Crippen LogP contribution in [0.4, 0.5) is 4.39 Å². The maximum atomic E-state index is 13.5. The van der Waals surface area contributed by atoms with Gasteiger partial charge in [-0.15, -0.1) is 0 Å². The second-order valence-corrected chi connectivity index (χ2v) is 5.42. The van der Waals surface area contributed by atoms with Crippen molar-refractivity contribution in [3.8, 4) is 0 Å². The van der Waals surface area contributed by atoms with Crippen LogP contribution in [0.25, 0.3) is 0 Å². The Labute approximate surface area is 112 Å². The van der Waals surface area contributed by atoms with Crippen LogP contribution in [0.3, 0.4) is 0 Å². The van der Waals surface area contributed by atoms with Gasteiger partial charge in [0.15, 0.2) is 0 Å². The summed E-state index contributed by atoms with van der Waals surface area (Å²) in [6.07, 6.45) is 4.70. The molecule has 2 rings (SSSR count). The van der Waals surface area contributed by atoms with Crippen LogP contribution in [0, 0.1) is 12.7 Å². The number of hydrogen-bond donors (Lipinski definition) is 2. The van der Waals surface area contributed by atoms with Gasteiger partial charge in [0.25, 0.3) is 5.91 Å². The minimum absolute atomic E-state index is 0.0624.